The molecule has 0 saturated carbocycles. The van der Waals surface area contributed by atoms with Crippen LogP contribution >= 0.6 is 0 Å². The van der Waals surface area contributed by atoms with Gasteiger partial charge >= 0.3 is 0 Å². The van der Waals surface area contributed by atoms with Gasteiger partial charge in [-0.25, -0.2) is 0 Å². The lowest BCUT2D eigenvalue weighted by molar-refractivity contribution is -0.385. The molecule has 0 amide bonds. The molecule has 3 rings (SSSR count). The number of likely N-dealkylation sites (tertiary alicyclic amines) is 1. The molecule has 0 aliphatic carbocycles. The number of likely N-dealkylation sites (N-methyl/N-ethyl adjacent to an activating group) is 1. The number of benzene rings is 1. The number of ether oxygens (including phenoxy) is 2. The van der Waals surface area contributed by atoms with Crippen molar-refractivity contribution >= 4 is 5.69 Å². The molecule has 0 aromatic heterocycles. The quantitative estimate of drug-likeness (QED) is 0.602. The Kier molecular flexibility index (Phi) is 3.02. The van der Waals surface area contributed by atoms with E-state index in [1.54, 1.807) is 6.07 Å². The van der Waals surface area contributed by atoms with Crippen molar-refractivity contribution in [2.45, 2.75) is 25.0 Å². The average Bonchev–Trinajstić information content (AvgIpc) is 2.83. The minimum Gasteiger partial charge on any atom is -0.486 e. The molecule has 1 aromatic rings. The molecule has 102 valence electrons. The SMILES string of the molecule is CN1CCC[C@H]1[C@H]1COc2ccc([N+](=O)[O-])cc2O1. The molecule has 0 radical (unpaired) electrons. The zero-order valence-corrected chi connectivity index (χ0v) is 10.7. The van der Waals surface area contributed by atoms with Gasteiger partial charge in [-0.3, -0.25) is 15.0 Å². The molecule has 6 nitrogen and oxygen atoms in total. The topological polar surface area (TPSA) is 64.8 Å². The molecular formula is C13H16N2O4. The van der Waals surface area contributed by atoms with Gasteiger partial charge < -0.3 is 9.47 Å². The van der Waals surface area contributed by atoms with Gasteiger partial charge in [0.2, 0.25) is 0 Å². The average molecular weight is 264 g/mol. The Morgan fingerprint density at radius 1 is 1.42 bits per heavy atom. The third kappa shape index (κ3) is 2.23. The number of nitro benzene ring substituents is 1. The van der Waals surface area contributed by atoms with Gasteiger partial charge in [0.25, 0.3) is 5.69 Å². The molecule has 2 aliphatic rings. The van der Waals surface area contributed by atoms with Gasteiger partial charge in [-0.15, -0.1) is 0 Å². The number of hydrogen-bond donors (Lipinski definition) is 0. The number of nitrogens with zero attached hydrogens (tertiary/aromatic N) is 2. The van der Waals surface area contributed by atoms with Crippen LogP contribution in [0.5, 0.6) is 11.5 Å². The summed E-state index contributed by atoms with van der Waals surface area (Å²) in [4.78, 5) is 12.6. The predicted molar refractivity (Wildman–Crippen MR) is 68.7 cm³/mol. The van der Waals surface area contributed by atoms with Crippen molar-refractivity contribution in [3.63, 3.8) is 0 Å². The molecule has 2 aliphatic heterocycles. The van der Waals surface area contributed by atoms with Gasteiger partial charge in [0.15, 0.2) is 11.5 Å². The number of hydrogen-bond acceptors (Lipinski definition) is 5. The van der Waals surface area contributed by atoms with Gasteiger partial charge in [-0.2, -0.15) is 0 Å². The van der Waals surface area contributed by atoms with Crippen LogP contribution < -0.4 is 9.47 Å². The van der Waals surface area contributed by atoms with Crippen LogP contribution in [0.1, 0.15) is 12.8 Å². The first-order valence-corrected chi connectivity index (χ1v) is 6.43. The molecule has 1 fully saturated rings. The van der Waals surface area contributed by atoms with E-state index >= 15 is 0 Å². The number of non-ortho nitro benzene ring substituents is 1. The van der Waals surface area contributed by atoms with E-state index in [4.69, 9.17) is 9.47 Å². The summed E-state index contributed by atoms with van der Waals surface area (Å²) >= 11 is 0. The van der Waals surface area contributed by atoms with Crippen molar-refractivity contribution in [2.24, 2.45) is 0 Å². The summed E-state index contributed by atoms with van der Waals surface area (Å²) in [5, 5.41) is 10.8. The van der Waals surface area contributed by atoms with Crippen LogP contribution in [-0.2, 0) is 0 Å². The highest BCUT2D eigenvalue weighted by Gasteiger charge is 2.34. The van der Waals surface area contributed by atoms with Gasteiger partial charge in [0.1, 0.15) is 12.7 Å². The van der Waals surface area contributed by atoms with E-state index in [0.29, 0.717) is 24.1 Å². The van der Waals surface area contributed by atoms with Crippen molar-refractivity contribution < 1.29 is 14.4 Å². The fourth-order valence-electron chi connectivity index (χ4n) is 2.79. The molecule has 2 atom stereocenters. The maximum atomic E-state index is 10.8. The van der Waals surface area contributed by atoms with Crippen molar-refractivity contribution in [1.29, 1.82) is 0 Å². The van der Waals surface area contributed by atoms with Crippen LogP contribution in [-0.4, -0.2) is 42.2 Å². The second-order valence-corrected chi connectivity index (χ2v) is 5.05. The van der Waals surface area contributed by atoms with E-state index in [9.17, 15) is 10.1 Å². The first-order valence-electron chi connectivity index (χ1n) is 6.43. The van der Waals surface area contributed by atoms with Crippen molar-refractivity contribution in [1.82, 2.24) is 4.90 Å². The minimum atomic E-state index is -0.422. The molecule has 0 unspecified atom stereocenters. The number of rotatable bonds is 2. The largest absolute Gasteiger partial charge is 0.486 e. The molecule has 2 heterocycles. The molecule has 1 aromatic carbocycles. The highest BCUT2D eigenvalue weighted by molar-refractivity contribution is 5.49. The second kappa shape index (κ2) is 4.70. The van der Waals surface area contributed by atoms with Crippen molar-refractivity contribution in [2.75, 3.05) is 20.2 Å². The zero-order valence-electron chi connectivity index (χ0n) is 10.7. The highest BCUT2D eigenvalue weighted by atomic mass is 16.6. The van der Waals surface area contributed by atoms with Crippen LogP contribution in [0.25, 0.3) is 0 Å². The predicted octanol–water partition coefficient (Wildman–Crippen LogP) is 1.83. The van der Waals surface area contributed by atoms with Crippen LogP contribution in [0.4, 0.5) is 5.69 Å². The number of nitro groups is 1. The Bertz CT molecular complexity index is 505. The Hall–Kier alpha value is -1.82. The van der Waals surface area contributed by atoms with E-state index in [2.05, 4.69) is 11.9 Å². The smallest absolute Gasteiger partial charge is 0.273 e. The fourth-order valence-corrected chi connectivity index (χ4v) is 2.79. The summed E-state index contributed by atoms with van der Waals surface area (Å²) < 4.78 is 11.6. The van der Waals surface area contributed by atoms with E-state index < -0.39 is 4.92 Å². The summed E-state index contributed by atoms with van der Waals surface area (Å²) in [5.41, 5.74) is 0.0303. The fraction of sp³-hybridized carbons (Fsp3) is 0.538. The standard InChI is InChI=1S/C13H16N2O4/c1-14-6-2-3-10(14)13-8-18-11-5-4-9(15(16)17)7-12(11)19-13/h4-5,7,10,13H,2-3,6,8H2,1H3/t10-,13+/m0/s1. The lowest BCUT2D eigenvalue weighted by atomic mass is 10.1. The Morgan fingerprint density at radius 2 is 2.26 bits per heavy atom. The van der Waals surface area contributed by atoms with Crippen LogP contribution in [0.15, 0.2) is 18.2 Å². The summed E-state index contributed by atoms with van der Waals surface area (Å²) in [7, 11) is 2.07. The Labute approximate surface area is 111 Å². The molecule has 0 bridgehead atoms. The summed E-state index contributed by atoms with van der Waals surface area (Å²) in [6.45, 7) is 1.56. The second-order valence-electron chi connectivity index (χ2n) is 5.05. The molecule has 19 heavy (non-hydrogen) atoms. The van der Waals surface area contributed by atoms with Gasteiger partial charge in [-0.05, 0) is 32.5 Å². The Morgan fingerprint density at radius 3 is 2.95 bits per heavy atom. The van der Waals surface area contributed by atoms with Crippen LogP contribution in [0.2, 0.25) is 0 Å². The molecule has 0 spiro atoms. The van der Waals surface area contributed by atoms with Gasteiger partial charge in [0.05, 0.1) is 11.0 Å². The first-order chi connectivity index (χ1) is 9.15. The van der Waals surface area contributed by atoms with Crippen molar-refractivity contribution in [3.8, 4) is 11.5 Å². The Balaban J connectivity index is 1.82. The van der Waals surface area contributed by atoms with Crippen LogP contribution in [0, 0.1) is 10.1 Å². The summed E-state index contributed by atoms with van der Waals surface area (Å²) in [5.74, 6) is 1.06. The lowest BCUT2D eigenvalue weighted by Crippen LogP contribution is -2.45. The monoisotopic (exact) mass is 264 g/mol. The van der Waals surface area contributed by atoms with Crippen LogP contribution in [0.3, 0.4) is 0 Å². The summed E-state index contributed by atoms with van der Waals surface area (Å²) in [6.07, 6.45) is 2.18. The third-order valence-electron chi connectivity index (χ3n) is 3.83. The van der Waals surface area contributed by atoms with E-state index in [0.717, 1.165) is 19.4 Å². The maximum Gasteiger partial charge on any atom is 0.273 e. The van der Waals surface area contributed by atoms with Gasteiger partial charge in [-0.1, -0.05) is 0 Å². The summed E-state index contributed by atoms with van der Waals surface area (Å²) in [6, 6.07) is 4.80. The van der Waals surface area contributed by atoms with E-state index in [1.807, 2.05) is 0 Å². The van der Waals surface area contributed by atoms with Gasteiger partial charge in [0, 0.05) is 12.1 Å². The molecular weight excluding hydrogens is 248 g/mol. The van der Waals surface area contributed by atoms with E-state index in [-0.39, 0.29) is 11.8 Å². The molecule has 6 heteroatoms. The third-order valence-corrected chi connectivity index (χ3v) is 3.83. The minimum absolute atomic E-state index is 0.0303. The zero-order chi connectivity index (χ0) is 13.4. The first kappa shape index (κ1) is 12.2. The van der Waals surface area contributed by atoms with Crippen molar-refractivity contribution in [3.05, 3.63) is 28.3 Å². The maximum absolute atomic E-state index is 10.8. The highest BCUT2D eigenvalue weighted by Crippen LogP contribution is 2.36. The number of fused-ring (bicyclic) bond motifs is 1. The molecule has 1 saturated heterocycles. The van der Waals surface area contributed by atoms with E-state index in [1.165, 1.54) is 12.1 Å². The lowest BCUT2D eigenvalue weighted by Gasteiger charge is -2.33. The molecule has 0 N–H and O–H groups in total. The normalized spacial score (nSPS) is 26.4.